The van der Waals surface area contributed by atoms with E-state index in [-0.39, 0.29) is 0 Å². The van der Waals surface area contributed by atoms with Gasteiger partial charge in [-0.15, -0.1) is 0 Å². The van der Waals surface area contributed by atoms with E-state index in [4.69, 9.17) is 4.84 Å². The Morgan fingerprint density at radius 2 is 1.90 bits per heavy atom. The minimum absolute atomic E-state index is 0.292. The molecule has 0 heterocycles. The first kappa shape index (κ1) is 15.9. The number of nitrogens with one attached hydrogen (secondary N) is 1. The van der Waals surface area contributed by atoms with Crippen LogP contribution in [-0.2, 0) is 14.9 Å². The molecule has 1 fully saturated rings. The van der Waals surface area contributed by atoms with Crippen LogP contribution in [0, 0.1) is 16.0 Å². The van der Waals surface area contributed by atoms with Crippen molar-refractivity contribution >= 4 is 15.7 Å². The van der Waals surface area contributed by atoms with Crippen LogP contribution in [-0.4, -0.2) is 19.9 Å². The van der Waals surface area contributed by atoms with Crippen LogP contribution in [0.15, 0.2) is 29.2 Å². The van der Waals surface area contributed by atoms with Crippen molar-refractivity contribution in [2.75, 3.05) is 6.61 Å². The molecule has 0 bridgehead atoms. The minimum atomic E-state index is -4.05. The van der Waals surface area contributed by atoms with E-state index in [1.165, 1.54) is 24.6 Å². The van der Waals surface area contributed by atoms with Gasteiger partial charge in [0, 0.05) is 6.07 Å². The molecule has 1 saturated carbocycles. The van der Waals surface area contributed by atoms with Crippen molar-refractivity contribution in [1.82, 2.24) is 4.89 Å². The Kier molecular flexibility index (Phi) is 5.27. The van der Waals surface area contributed by atoms with Gasteiger partial charge in [0.25, 0.3) is 15.7 Å². The molecule has 0 radical (unpaired) electrons. The molecule has 1 aliphatic carbocycles. The van der Waals surface area contributed by atoms with Gasteiger partial charge in [-0.2, -0.15) is 0 Å². The fourth-order valence-electron chi connectivity index (χ4n) is 2.46. The zero-order valence-corrected chi connectivity index (χ0v) is 12.3. The summed E-state index contributed by atoms with van der Waals surface area (Å²) in [5.74, 6) is 0.340. The zero-order chi connectivity index (χ0) is 15.3. The SMILES string of the molecule is O=[N+]([O-])c1ccccc1S(=O)(=O)NOCC1CCCCC1. The minimum Gasteiger partial charge on any atom is -0.287 e. The topological polar surface area (TPSA) is 98.5 Å². The van der Waals surface area contributed by atoms with Gasteiger partial charge in [-0.1, -0.05) is 36.3 Å². The third kappa shape index (κ3) is 4.23. The van der Waals surface area contributed by atoms with Crippen molar-refractivity contribution in [3.8, 4) is 0 Å². The highest BCUT2D eigenvalue weighted by Crippen LogP contribution is 2.25. The van der Waals surface area contributed by atoms with Crippen LogP contribution in [0.1, 0.15) is 32.1 Å². The standard InChI is InChI=1S/C13H18N2O5S/c16-15(17)12-8-4-5-9-13(12)21(18,19)14-20-10-11-6-2-1-3-7-11/h4-5,8-9,11,14H,1-3,6-7,10H2. The van der Waals surface area contributed by atoms with E-state index in [1.54, 1.807) is 0 Å². The van der Waals surface area contributed by atoms with Crippen LogP contribution in [0.3, 0.4) is 0 Å². The third-order valence-corrected chi connectivity index (χ3v) is 4.83. The van der Waals surface area contributed by atoms with Crippen molar-refractivity contribution in [2.24, 2.45) is 5.92 Å². The molecule has 1 aromatic rings. The van der Waals surface area contributed by atoms with E-state index in [0.717, 1.165) is 31.7 Å². The van der Waals surface area contributed by atoms with Crippen LogP contribution >= 0.6 is 0 Å². The van der Waals surface area contributed by atoms with E-state index in [2.05, 4.69) is 0 Å². The molecule has 1 aliphatic rings. The van der Waals surface area contributed by atoms with Crippen molar-refractivity contribution in [3.63, 3.8) is 0 Å². The highest BCUT2D eigenvalue weighted by Gasteiger charge is 2.25. The molecule has 0 unspecified atom stereocenters. The predicted molar refractivity (Wildman–Crippen MR) is 75.9 cm³/mol. The summed E-state index contributed by atoms with van der Waals surface area (Å²) in [5.41, 5.74) is -0.466. The first-order chi connectivity index (χ1) is 10.0. The molecule has 1 N–H and O–H groups in total. The van der Waals surface area contributed by atoms with Gasteiger partial charge in [0.1, 0.15) is 0 Å². The van der Waals surface area contributed by atoms with Gasteiger partial charge in [0.15, 0.2) is 4.90 Å². The lowest BCUT2D eigenvalue weighted by atomic mass is 9.90. The molecule has 116 valence electrons. The van der Waals surface area contributed by atoms with Crippen LogP contribution in [0.2, 0.25) is 0 Å². The normalized spacial score (nSPS) is 16.8. The number of para-hydroxylation sites is 1. The van der Waals surface area contributed by atoms with Gasteiger partial charge in [-0.3, -0.25) is 15.0 Å². The zero-order valence-electron chi connectivity index (χ0n) is 11.5. The van der Waals surface area contributed by atoms with Gasteiger partial charge in [-0.05, 0) is 24.8 Å². The fraction of sp³-hybridized carbons (Fsp3) is 0.538. The monoisotopic (exact) mass is 314 g/mol. The summed E-state index contributed by atoms with van der Waals surface area (Å²) < 4.78 is 24.1. The van der Waals surface area contributed by atoms with Gasteiger partial charge in [0.2, 0.25) is 0 Å². The lowest BCUT2D eigenvalue weighted by Gasteiger charge is -2.20. The van der Waals surface area contributed by atoms with Crippen LogP contribution in [0.25, 0.3) is 0 Å². The fourth-order valence-corrected chi connectivity index (χ4v) is 3.45. The second-order valence-electron chi connectivity index (χ2n) is 5.13. The maximum Gasteiger partial charge on any atom is 0.289 e. The number of hydrogen-bond donors (Lipinski definition) is 1. The Balaban J connectivity index is 2.00. The summed E-state index contributed by atoms with van der Waals surface area (Å²) in [7, 11) is -4.05. The molecule has 0 saturated heterocycles. The highest BCUT2D eigenvalue weighted by molar-refractivity contribution is 7.89. The van der Waals surface area contributed by atoms with E-state index in [0.29, 0.717) is 12.5 Å². The summed E-state index contributed by atoms with van der Waals surface area (Å²) >= 11 is 0. The predicted octanol–water partition coefficient (Wildman–Crippen LogP) is 2.39. The van der Waals surface area contributed by atoms with Gasteiger partial charge in [-0.25, -0.2) is 8.42 Å². The lowest BCUT2D eigenvalue weighted by molar-refractivity contribution is -0.387. The number of nitro benzene ring substituents is 1. The third-order valence-electron chi connectivity index (χ3n) is 3.56. The number of hydrogen-bond acceptors (Lipinski definition) is 5. The second-order valence-corrected chi connectivity index (χ2v) is 6.74. The summed E-state index contributed by atoms with van der Waals surface area (Å²) in [6, 6.07) is 5.18. The van der Waals surface area contributed by atoms with Crippen molar-refractivity contribution < 1.29 is 18.2 Å². The van der Waals surface area contributed by atoms with Gasteiger partial charge in [0.05, 0.1) is 11.5 Å². The summed E-state index contributed by atoms with van der Waals surface area (Å²) in [4.78, 5) is 16.8. The average Bonchev–Trinajstić information content (AvgIpc) is 2.48. The molecule has 0 aromatic heterocycles. The molecule has 21 heavy (non-hydrogen) atoms. The van der Waals surface area contributed by atoms with E-state index >= 15 is 0 Å². The molecule has 1 aromatic carbocycles. The largest absolute Gasteiger partial charge is 0.289 e. The molecular formula is C13H18N2O5S. The second kappa shape index (κ2) is 6.97. The molecule has 7 nitrogen and oxygen atoms in total. The Morgan fingerprint density at radius 1 is 1.24 bits per heavy atom. The molecular weight excluding hydrogens is 296 g/mol. The number of nitrogens with zero attached hydrogens (tertiary/aromatic N) is 1. The van der Waals surface area contributed by atoms with Crippen LogP contribution in [0.5, 0.6) is 0 Å². The van der Waals surface area contributed by atoms with Crippen molar-refractivity contribution in [1.29, 1.82) is 0 Å². The van der Waals surface area contributed by atoms with Crippen LogP contribution < -0.4 is 4.89 Å². The highest BCUT2D eigenvalue weighted by atomic mass is 32.2. The van der Waals surface area contributed by atoms with E-state index in [9.17, 15) is 18.5 Å². The molecule has 0 amide bonds. The number of nitro groups is 1. The summed E-state index contributed by atoms with van der Waals surface area (Å²) in [6.45, 7) is 0.292. The Hall–Kier alpha value is -1.51. The lowest BCUT2D eigenvalue weighted by Crippen LogP contribution is -2.28. The maximum absolute atomic E-state index is 12.1. The van der Waals surface area contributed by atoms with Gasteiger partial charge < -0.3 is 0 Å². The number of sulfonamides is 1. The van der Waals surface area contributed by atoms with Crippen molar-refractivity contribution in [2.45, 2.75) is 37.0 Å². The molecule has 2 rings (SSSR count). The van der Waals surface area contributed by atoms with Gasteiger partial charge >= 0.3 is 0 Å². The quantitative estimate of drug-likeness (QED) is 0.642. The Morgan fingerprint density at radius 3 is 2.57 bits per heavy atom. The van der Waals surface area contributed by atoms with E-state index in [1.807, 2.05) is 4.89 Å². The van der Waals surface area contributed by atoms with E-state index < -0.39 is 25.5 Å². The molecule has 8 heteroatoms. The first-order valence-electron chi connectivity index (χ1n) is 6.88. The average molecular weight is 314 g/mol. The Bertz CT molecular complexity index is 596. The molecule has 0 aliphatic heterocycles. The first-order valence-corrected chi connectivity index (χ1v) is 8.36. The van der Waals surface area contributed by atoms with Crippen LogP contribution in [0.4, 0.5) is 5.69 Å². The summed E-state index contributed by atoms with van der Waals surface area (Å²) in [5, 5.41) is 10.9. The molecule has 0 atom stereocenters. The maximum atomic E-state index is 12.1. The van der Waals surface area contributed by atoms with Crippen molar-refractivity contribution in [3.05, 3.63) is 34.4 Å². The number of benzene rings is 1. The summed E-state index contributed by atoms with van der Waals surface area (Å²) in [6.07, 6.45) is 5.51. The Labute approximate surface area is 123 Å². The number of rotatable bonds is 6. The smallest absolute Gasteiger partial charge is 0.287 e. The molecule has 0 spiro atoms.